The topological polar surface area (TPSA) is 46.5 Å². The molecule has 0 unspecified atom stereocenters. The van der Waals surface area contributed by atoms with Crippen LogP contribution in [0, 0.1) is 0 Å². The van der Waals surface area contributed by atoms with E-state index >= 15 is 0 Å². The van der Waals surface area contributed by atoms with Crippen molar-refractivity contribution in [1.29, 1.82) is 0 Å². The Kier molecular flexibility index (Phi) is 38.4. The van der Waals surface area contributed by atoms with E-state index in [1.165, 1.54) is 193 Å². The van der Waals surface area contributed by atoms with Crippen molar-refractivity contribution in [1.82, 2.24) is 0 Å². The maximum atomic E-state index is 12.0. The van der Waals surface area contributed by atoms with Gasteiger partial charge in [0.1, 0.15) is 0 Å². The molecule has 1 N–H and O–H groups in total. The molecule has 256 valence electrons. The molecule has 0 rings (SSSR count). The molecule has 0 aliphatic rings. The number of unbranched alkanes of at least 4 members (excludes halogenated alkanes) is 30. The van der Waals surface area contributed by atoms with Gasteiger partial charge in [0.2, 0.25) is 0 Å². The van der Waals surface area contributed by atoms with Gasteiger partial charge in [0.25, 0.3) is 0 Å². The first-order valence-corrected chi connectivity index (χ1v) is 19.7. The first-order chi connectivity index (χ1) is 21.3. The summed E-state index contributed by atoms with van der Waals surface area (Å²) in [7, 11) is 0. The summed E-state index contributed by atoms with van der Waals surface area (Å²) in [6, 6.07) is 0. The molecular weight excluding hydrogens is 528 g/mol. The molecule has 0 fully saturated rings. The Morgan fingerprint density at radius 2 is 0.767 bits per heavy atom. The highest BCUT2D eigenvalue weighted by atomic mass is 16.5. The SMILES string of the molecule is CCCCCCC=CCCCCCCCCCCCC(=O)OCCCCCCCCCCCCCCCCCCCCO. The van der Waals surface area contributed by atoms with E-state index in [1.54, 1.807) is 0 Å². The van der Waals surface area contributed by atoms with E-state index in [4.69, 9.17) is 9.84 Å². The summed E-state index contributed by atoms with van der Waals surface area (Å²) in [5.41, 5.74) is 0. The summed E-state index contributed by atoms with van der Waals surface area (Å²) < 4.78 is 5.45. The summed E-state index contributed by atoms with van der Waals surface area (Å²) in [6.45, 7) is 3.25. The highest BCUT2D eigenvalue weighted by molar-refractivity contribution is 5.69. The van der Waals surface area contributed by atoms with Gasteiger partial charge in [-0.05, 0) is 44.9 Å². The zero-order valence-corrected chi connectivity index (χ0v) is 29.4. The van der Waals surface area contributed by atoms with Crippen LogP contribution in [0.5, 0.6) is 0 Å². The Morgan fingerprint density at radius 3 is 1.16 bits per heavy atom. The molecule has 0 heterocycles. The lowest BCUT2D eigenvalue weighted by atomic mass is 10.0. The number of allylic oxidation sites excluding steroid dienone is 2. The van der Waals surface area contributed by atoms with Crippen LogP contribution in [0.3, 0.4) is 0 Å². The monoisotopic (exact) mass is 607 g/mol. The fourth-order valence-corrected chi connectivity index (χ4v) is 5.99. The number of hydrogen-bond donors (Lipinski definition) is 1. The van der Waals surface area contributed by atoms with E-state index in [9.17, 15) is 4.79 Å². The van der Waals surface area contributed by atoms with Crippen molar-refractivity contribution in [3.05, 3.63) is 12.2 Å². The molecule has 0 aromatic rings. The molecule has 0 aliphatic carbocycles. The number of aliphatic hydroxyl groups is 1. The minimum atomic E-state index is 0.0178. The molecular formula is C40H78O3. The molecule has 3 nitrogen and oxygen atoms in total. The Labute approximate surface area is 270 Å². The van der Waals surface area contributed by atoms with Crippen molar-refractivity contribution in [3.63, 3.8) is 0 Å². The zero-order valence-electron chi connectivity index (χ0n) is 29.4. The van der Waals surface area contributed by atoms with Gasteiger partial charge in [-0.1, -0.05) is 186 Å². The Morgan fingerprint density at radius 1 is 0.442 bits per heavy atom. The van der Waals surface area contributed by atoms with E-state index in [0.717, 1.165) is 19.3 Å². The number of carbonyl (C=O) groups is 1. The average Bonchev–Trinajstić information content (AvgIpc) is 3.01. The summed E-state index contributed by atoms with van der Waals surface area (Å²) in [6.07, 6.45) is 48.7. The fraction of sp³-hybridized carbons (Fsp3) is 0.925. The number of rotatable bonds is 37. The van der Waals surface area contributed by atoms with Crippen molar-refractivity contribution in [2.24, 2.45) is 0 Å². The second kappa shape index (κ2) is 39.2. The normalized spacial score (nSPS) is 11.6. The molecule has 43 heavy (non-hydrogen) atoms. The molecule has 0 bridgehead atoms. The zero-order chi connectivity index (χ0) is 31.2. The smallest absolute Gasteiger partial charge is 0.305 e. The highest BCUT2D eigenvalue weighted by Gasteiger charge is 2.03. The third-order valence-corrected chi connectivity index (χ3v) is 8.96. The van der Waals surface area contributed by atoms with E-state index in [1.807, 2.05) is 0 Å². The lowest BCUT2D eigenvalue weighted by Crippen LogP contribution is -2.05. The molecule has 0 atom stereocenters. The van der Waals surface area contributed by atoms with Crippen LogP contribution in [0.1, 0.15) is 225 Å². The standard InChI is InChI=1S/C40H78O3/c1-2-3-4-5-6-7-8-9-10-13-16-19-22-25-28-31-34-37-40(42)43-39-36-33-30-27-24-21-18-15-12-11-14-17-20-23-26-29-32-35-38-41/h7-8,41H,2-6,9-39H2,1H3. The first kappa shape index (κ1) is 42.2. The molecule has 0 saturated heterocycles. The molecule has 0 saturated carbocycles. The van der Waals surface area contributed by atoms with E-state index in [-0.39, 0.29) is 5.97 Å². The third kappa shape index (κ3) is 39.1. The van der Waals surface area contributed by atoms with E-state index < -0.39 is 0 Å². The predicted molar refractivity (Wildman–Crippen MR) is 190 cm³/mol. The van der Waals surface area contributed by atoms with Gasteiger partial charge in [-0.3, -0.25) is 4.79 Å². The van der Waals surface area contributed by atoms with Gasteiger partial charge in [0, 0.05) is 13.0 Å². The quantitative estimate of drug-likeness (QED) is 0.0434. The second-order valence-corrected chi connectivity index (χ2v) is 13.3. The van der Waals surface area contributed by atoms with Gasteiger partial charge in [-0.2, -0.15) is 0 Å². The summed E-state index contributed by atoms with van der Waals surface area (Å²) >= 11 is 0. The maximum absolute atomic E-state index is 12.0. The molecule has 0 spiro atoms. The lowest BCUT2D eigenvalue weighted by molar-refractivity contribution is -0.143. The van der Waals surface area contributed by atoms with Crippen molar-refractivity contribution in [3.8, 4) is 0 Å². The first-order valence-electron chi connectivity index (χ1n) is 19.7. The third-order valence-electron chi connectivity index (χ3n) is 8.96. The van der Waals surface area contributed by atoms with Gasteiger partial charge >= 0.3 is 5.97 Å². The lowest BCUT2D eigenvalue weighted by Gasteiger charge is -2.06. The Bertz CT molecular complexity index is 544. The van der Waals surface area contributed by atoms with Gasteiger partial charge < -0.3 is 9.84 Å². The van der Waals surface area contributed by atoms with Crippen LogP contribution in [0.25, 0.3) is 0 Å². The van der Waals surface area contributed by atoms with Crippen molar-refractivity contribution in [2.45, 2.75) is 225 Å². The molecule has 0 amide bonds. The van der Waals surface area contributed by atoms with Crippen LogP contribution in [0.15, 0.2) is 12.2 Å². The van der Waals surface area contributed by atoms with E-state index in [2.05, 4.69) is 19.1 Å². The number of hydrogen-bond acceptors (Lipinski definition) is 3. The minimum absolute atomic E-state index is 0.0178. The van der Waals surface area contributed by atoms with Crippen LogP contribution in [-0.2, 0) is 9.53 Å². The number of aliphatic hydroxyl groups excluding tert-OH is 1. The highest BCUT2D eigenvalue weighted by Crippen LogP contribution is 2.15. The average molecular weight is 607 g/mol. The molecule has 0 aromatic heterocycles. The molecule has 0 aromatic carbocycles. The maximum Gasteiger partial charge on any atom is 0.305 e. The summed E-state index contributed by atoms with van der Waals surface area (Å²) in [5.74, 6) is 0.0178. The van der Waals surface area contributed by atoms with Crippen LogP contribution in [-0.4, -0.2) is 24.3 Å². The van der Waals surface area contributed by atoms with Gasteiger partial charge in [-0.15, -0.1) is 0 Å². The Hall–Kier alpha value is -0.830. The van der Waals surface area contributed by atoms with Gasteiger partial charge in [-0.25, -0.2) is 0 Å². The van der Waals surface area contributed by atoms with Crippen molar-refractivity contribution >= 4 is 5.97 Å². The van der Waals surface area contributed by atoms with Crippen molar-refractivity contribution in [2.75, 3.05) is 13.2 Å². The van der Waals surface area contributed by atoms with Gasteiger partial charge in [0.05, 0.1) is 6.61 Å². The van der Waals surface area contributed by atoms with Gasteiger partial charge in [0.15, 0.2) is 0 Å². The molecule has 0 aliphatic heterocycles. The number of carbonyl (C=O) groups excluding carboxylic acids is 1. The predicted octanol–water partition coefficient (Wildman–Crippen LogP) is 13.4. The molecule has 0 radical (unpaired) electrons. The van der Waals surface area contributed by atoms with Crippen LogP contribution in [0.2, 0.25) is 0 Å². The minimum Gasteiger partial charge on any atom is -0.466 e. The summed E-state index contributed by atoms with van der Waals surface area (Å²) in [5, 5.41) is 8.79. The Balaban J connectivity index is 3.17. The molecule has 3 heteroatoms. The number of esters is 1. The summed E-state index contributed by atoms with van der Waals surface area (Å²) in [4.78, 5) is 12.0. The largest absolute Gasteiger partial charge is 0.466 e. The van der Waals surface area contributed by atoms with Crippen LogP contribution in [0.4, 0.5) is 0 Å². The van der Waals surface area contributed by atoms with Crippen LogP contribution >= 0.6 is 0 Å². The second-order valence-electron chi connectivity index (χ2n) is 13.3. The van der Waals surface area contributed by atoms with Crippen molar-refractivity contribution < 1.29 is 14.6 Å². The fourth-order valence-electron chi connectivity index (χ4n) is 5.99. The van der Waals surface area contributed by atoms with Crippen LogP contribution < -0.4 is 0 Å². The van der Waals surface area contributed by atoms with E-state index in [0.29, 0.717) is 19.6 Å². The number of ether oxygens (including phenoxy) is 1.